The van der Waals surface area contributed by atoms with Crippen LogP contribution in [0.25, 0.3) is 22.8 Å². The van der Waals surface area contributed by atoms with Crippen LogP contribution in [0.15, 0.2) is 65.7 Å². The molecule has 0 saturated heterocycles. The number of hydrogen-bond acceptors (Lipinski definition) is 5. The third-order valence-electron chi connectivity index (χ3n) is 4.48. The van der Waals surface area contributed by atoms with E-state index in [2.05, 4.69) is 19.7 Å². The Morgan fingerprint density at radius 1 is 0.968 bits per heavy atom. The van der Waals surface area contributed by atoms with Crippen molar-refractivity contribution < 1.29 is 27.0 Å². The Kier molecular flexibility index (Phi) is 4.07. The van der Waals surface area contributed by atoms with Gasteiger partial charge in [0.15, 0.2) is 17.2 Å². The maximum atomic E-state index is 14.3. The van der Waals surface area contributed by atoms with E-state index < -0.39 is 23.4 Å². The van der Waals surface area contributed by atoms with Crippen molar-refractivity contribution in [1.82, 2.24) is 19.6 Å². The number of fused-ring (bicyclic) bond motifs is 1. The van der Waals surface area contributed by atoms with Crippen molar-refractivity contribution in [2.45, 2.75) is 6.29 Å². The number of rotatable bonds is 3. The molecule has 0 unspecified atom stereocenters. The first-order valence-electron chi connectivity index (χ1n) is 8.81. The van der Waals surface area contributed by atoms with Gasteiger partial charge in [-0.15, -0.1) is 8.78 Å². The number of alkyl halides is 2. The SMILES string of the molecule is O=c1ccn(-c2cccc3c2OC(F)(F)O3)nc1-c1ccnn1-c1cc(F)ccc1F. The lowest BCUT2D eigenvalue weighted by atomic mass is 10.2. The van der Waals surface area contributed by atoms with Gasteiger partial charge in [-0.1, -0.05) is 6.07 Å². The molecule has 7 nitrogen and oxygen atoms in total. The Morgan fingerprint density at radius 3 is 2.65 bits per heavy atom. The molecule has 0 N–H and O–H groups in total. The summed E-state index contributed by atoms with van der Waals surface area (Å²) in [7, 11) is 0. The zero-order valence-corrected chi connectivity index (χ0v) is 15.3. The molecule has 0 radical (unpaired) electrons. The van der Waals surface area contributed by atoms with E-state index in [-0.39, 0.29) is 34.3 Å². The highest BCUT2D eigenvalue weighted by atomic mass is 19.3. The van der Waals surface area contributed by atoms with Crippen LogP contribution in [0.1, 0.15) is 0 Å². The largest absolute Gasteiger partial charge is 0.586 e. The van der Waals surface area contributed by atoms with Crippen LogP contribution in [-0.4, -0.2) is 25.9 Å². The molecule has 4 aromatic rings. The molecule has 0 fully saturated rings. The lowest BCUT2D eigenvalue weighted by molar-refractivity contribution is -0.286. The van der Waals surface area contributed by atoms with Gasteiger partial charge in [-0.3, -0.25) is 4.79 Å². The molecule has 11 heteroatoms. The van der Waals surface area contributed by atoms with E-state index >= 15 is 0 Å². The molecule has 0 atom stereocenters. The van der Waals surface area contributed by atoms with Crippen LogP contribution in [0.5, 0.6) is 11.5 Å². The lowest BCUT2D eigenvalue weighted by Crippen LogP contribution is -2.26. The smallest absolute Gasteiger partial charge is 0.395 e. The first-order valence-corrected chi connectivity index (χ1v) is 8.81. The summed E-state index contributed by atoms with van der Waals surface area (Å²) in [5.74, 6) is -1.93. The zero-order chi connectivity index (χ0) is 21.8. The second-order valence-electron chi connectivity index (χ2n) is 6.47. The Bertz CT molecular complexity index is 1380. The van der Waals surface area contributed by atoms with Crippen molar-refractivity contribution in [1.29, 1.82) is 0 Å². The molecular weight excluding hydrogens is 420 g/mol. The minimum atomic E-state index is -3.84. The summed E-state index contributed by atoms with van der Waals surface area (Å²) in [5.41, 5.74) is -0.803. The van der Waals surface area contributed by atoms with Crippen molar-refractivity contribution in [3.05, 3.63) is 82.8 Å². The van der Waals surface area contributed by atoms with Gasteiger partial charge in [0, 0.05) is 18.3 Å². The minimum absolute atomic E-state index is 0.0684. The van der Waals surface area contributed by atoms with Crippen LogP contribution in [0.3, 0.4) is 0 Å². The average Bonchev–Trinajstić information content (AvgIpc) is 3.32. The summed E-state index contributed by atoms with van der Waals surface area (Å²) in [4.78, 5) is 12.5. The highest BCUT2D eigenvalue weighted by Gasteiger charge is 2.44. The predicted octanol–water partition coefficient (Wildman–Crippen LogP) is 3.68. The van der Waals surface area contributed by atoms with E-state index in [1.807, 2.05) is 0 Å². The Labute approximate surface area is 170 Å². The van der Waals surface area contributed by atoms with Gasteiger partial charge in [-0.2, -0.15) is 10.2 Å². The molecule has 0 amide bonds. The molecule has 3 heterocycles. The first-order chi connectivity index (χ1) is 14.8. The van der Waals surface area contributed by atoms with E-state index in [1.54, 1.807) is 0 Å². The number of nitrogens with zero attached hydrogens (tertiary/aromatic N) is 4. The number of ether oxygens (including phenoxy) is 2. The van der Waals surface area contributed by atoms with Gasteiger partial charge in [-0.05, 0) is 30.3 Å². The monoisotopic (exact) mass is 430 g/mol. The second kappa shape index (κ2) is 6.69. The summed E-state index contributed by atoms with van der Waals surface area (Å²) < 4.78 is 66.1. The molecular formula is C20H10F4N4O3. The molecule has 0 bridgehead atoms. The van der Waals surface area contributed by atoms with Crippen molar-refractivity contribution in [3.8, 4) is 34.3 Å². The molecule has 0 aliphatic carbocycles. The minimum Gasteiger partial charge on any atom is -0.395 e. The Balaban J connectivity index is 1.66. The van der Waals surface area contributed by atoms with Gasteiger partial charge in [0.2, 0.25) is 5.43 Å². The second-order valence-corrected chi connectivity index (χ2v) is 6.47. The van der Waals surface area contributed by atoms with Crippen LogP contribution in [-0.2, 0) is 0 Å². The van der Waals surface area contributed by atoms with Crippen LogP contribution in [0.2, 0.25) is 0 Å². The van der Waals surface area contributed by atoms with Crippen LogP contribution in [0.4, 0.5) is 17.6 Å². The zero-order valence-electron chi connectivity index (χ0n) is 15.3. The summed E-state index contributed by atoms with van der Waals surface area (Å²) >= 11 is 0. The molecule has 0 spiro atoms. The van der Waals surface area contributed by atoms with Crippen LogP contribution in [0, 0.1) is 11.6 Å². The first kappa shape index (κ1) is 18.9. The van der Waals surface area contributed by atoms with Gasteiger partial charge in [0.1, 0.15) is 23.0 Å². The maximum absolute atomic E-state index is 14.3. The highest BCUT2D eigenvalue weighted by Crippen LogP contribution is 2.44. The Hall–Kier alpha value is -4.15. The lowest BCUT2D eigenvalue weighted by Gasteiger charge is -2.12. The molecule has 5 rings (SSSR count). The number of hydrogen-bond donors (Lipinski definition) is 0. The molecule has 2 aromatic carbocycles. The standard InChI is InChI=1S/C20H10F4N4O3/c21-11-4-5-12(22)15(10-11)28-13(6-8-25-28)18-16(29)7-9-27(26-18)14-2-1-3-17-19(14)31-20(23,24)30-17/h1-10H. The van der Waals surface area contributed by atoms with E-state index in [1.165, 1.54) is 36.7 Å². The Morgan fingerprint density at radius 2 is 1.81 bits per heavy atom. The van der Waals surface area contributed by atoms with Gasteiger partial charge in [-0.25, -0.2) is 18.1 Å². The normalized spacial score (nSPS) is 14.1. The quantitative estimate of drug-likeness (QED) is 0.464. The van der Waals surface area contributed by atoms with Crippen molar-refractivity contribution in [2.75, 3.05) is 0 Å². The van der Waals surface area contributed by atoms with Crippen molar-refractivity contribution >= 4 is 0 Å². The van der Waals surface area contributed by atoms with Gasteiger partial charge < -0.3 is 9.47 Å². The van der Waals surface area contributed by atoms with Crippen LogP contribution < -0.4 is 14.9 Å². The van der Waals surface area contributed by atoms with Crippen molar-refractivity contribution in [3.63, 3.8) is 0 Å². The number of aromatic nitrogens is 4. The average molecular weight is 430 g/mol. The van der Waals surface area contributed by atoms with E-state index in [9.17, 15) is 22.4 Å². The highest BCUT2D eigenvalue weighted by molar-refractivity contribution is 5.60. The summed E-state index contributed by atoms with van der Waals surface area (Å²) in [6.45, 7) is 0. The fourth-order valence-corrected chi connectivity index (χ4v) is 3.18. The van der Waals surface area contributed by atoms with Gasteiger partial charge in [0.05, 0.1) is 11.9 Å². The topological polar surface area (TPSA) is 71.2 Å². The van der Waals surface area contributed by atoms with Gasteiger partial charge in [0.25, 0.3) is 0 Å². The predicted molar refractivity (Wildman–Crippen MR) is 98.5 cm³/mol. The van der Waals surface area contributed by atoms with Crippen LogP contribution >= 0.6 is 0 Å². The summed E-state index contributed by atoms with van der Waals surface area (Å²) in [6.07, 6.45) is -1.30. The third kappa shape index (κ3) is 3.19. The third-order valence-corrected chi connectivity index (χ3v) is 4.48. The molecule has 1 aliphatic rings. The van der Waals surface area contributed by atoms with E-state index in [0.29, 0.717) is 0 Å². The molecule has 156 valence electrons. The number of para-hydroxylation sites is 1. The fourth-order valence-electron chi connectivity index (χ4n) is 3.18. The van der Waals surface area contributed by atoms with E-state index in [4.69, 9.17) is 0 Å². The number of benzene rings is 2. The number of halogens is 4. The van der Waals surface area contributed by atoms with E-state index in [0.717, 1.165) is 33.6 Å². The summed E-state index contributed by atoms with van der Waals surface area (Å²) in [6, 6.07) is 9.52. The summed E-state index contributed by atoms with van der Waals surface area (Å²) in [5, 5.41) is 8.16. The molecule has 0 saturated carbocycles. The molecule has 2 aromatic heterocycles. The molecule has 1 aliphatic heterocycles. The van der Waals surface area contributed by atoms with Gasteiger partial charge >= 0.3 is 6.29 Å². The fraction of sp³-hybridized carbons (Fsp3) is 0.0500. The molecule has 31 heavy (non-hydrogen) atoms. The van der Waals surface area contributed by atoms with Crippen molar-refractivity contribution in [2.24, 2.45) is 0 Å². The maximum Gasteiger partial charge on any atom is 0.586 e.